The van der Waals surface area contributed by atoms with Gasteiger partial charge in [-0.3, -0.25) is 9.89 Å². The van der Waals surface area contributed by atoms with Crippen molar-refractivity contribution in [1.29, 1.82) is 0 Å². The van der Waals surface area contributed by atoms with Crippen molar-refractivity contribution in [2.75, 3.05) is 0 Å². The van der Waals surface area contributed by atoms with Gasteiger partial charge in [0.1, 0.15) is 0 Å². The Labute approximate surface area is 85.4 Å². The van der Waals surface area contributed by atoms with Crippen molar-refractivity contribution in [3.05, 3.63) is 30.0 Å². The first-order valence-corrected chi connectivity index (χ1v) is 4.50. The minimum Gasteiger partial charge on any atom is -0.481 e. The van der Waals surface area contributed by atoms with E-state index in [9.17, 15) is 9.90 Å². The number of carboxylic acids is 1. The molecule has 1 heterocycles. The maximum Gasteiger partial charge on any atom is 0.306 e. The number of aromatic nitrogens is 2. The van der Waals surface area contributed by atoms with Crippen LogP contribution in [0.25, 0.3) is 10.9 Å². The summed E-state index contributed by atoms with van der Waals surface area (Å²) in [4.78, 5) is 10.5. The summed E-state index contributed by atoms with van der Waals surface area (Å²) >= 11 is 0. The molecule has 5 heteroatoms. The second-order valence-corrected chi connectivity index (χ2v) is 3.30. The molecule has 0 saturated carbocycles. The van der Waals surface area contributed by atoms with Gasteiger partial charge in [0.15, 0.2) is 0 Å². The fraction of sp³-hybridized carbons (Fsp3) is 0.200. The number of aliphatic hydroxyl groups is 1. The summed E-state index contributed by atoms with van der Waals surface area (Å²) in [6.45, 7) is 0. The maximum absolute atomic E-state index is 10.5. The van der Waals surface area contributed by atoms with Gasteiger partial charge in [0.05, 0.1) is 24.2 Å². The molecule has 1 aromatic carbocycles. The van der Waals surface area contributed by atoms with E-state index < -0.39 is 12.1 Å². The monoisotopic (exact) mass is 206 g/mol. The third kappa shape index (κ3) is 1.82. The largest absolute Gasteiger partial charge is 0.481 e. The van der Waals surface area contributed by atoms with E-state index in [-0.39, 0.29) is 6.42 Å². The van der Waals surface area contributed by atoms with E-state index in [1.54, 1.807) is 18.3 Å². The minimum atomic E-state index is -1.03. The number of carboxylic acid groups (broad SMARTS) is 1. The molecule has 15 heavy (non-hydrogen) atoms. The molecule has 0 bridgehead atoms. The molecule has 5 nitrogen and oxygen atoms in total. The predicted molar refractivity (Wildman–Crippen MR) is 53.3 cm³/mol. The van der Waals surface area contributed by atoms with Crippen LogP contribution in [0.15, 0.2) is 24.4 Å². The summed E-state index contributed by atoms with van der Waals surface area (Å²) < 4.78 is 0. The molecule has 0 spiro atoms. The van der Waals surface area contributed by atoms with Crippen LogP contribution >= 0.6 is 0 Å². The number of para-hydroxylation sites is 1. The quantitative estimate of drug-likeness (QED) is 0.701. The van der Waals surface area contributed by atoms with Crippen molar-refractivity contribution in [2.24, 2.45) is 0 Å². The summed E-state index contributed by atoms with van der Waals surface area (Å²) in [7, 11) is 0. The molecular formula is C10H10N2O3. The Morgan fingerprint density at radius 3 is 3.07 bits per heavy atom. The number of nitrogens with one attached hydrogen (secondary N) is 1. The number of benzene rings is 1. The van der Waals surface area contributed by atoms with Gasteiger partial charge in [0, 0.05) is 10.9 Å². The van der Waals surface area contributed by atoms with Crippen LogP contribution < -0.4 is 0 Å². The Balaban J connectivity index is 2.42. The van der Waals surface area contributed by atoms with Gasteiger partial charge in [0.25, 0.3) is 0 Å². The average molecular weight is 206 g/mol. The molecule has 2 aromatic rings. The van der Waals surface area contributed by atoms with E-state index in [0.717, 1.165) is 5.39 Å². The SMILES string of the molecule is O=C(O)C[C@@H](O)c1cccc2cn[nH]c12. The molecule has 1 atom stereocenters. The smallest absolute Gasteiger partial charge is 0.306 e. The Kier molecular flexibility index (Phi) is 2.39. The Morgan fingerprint density at radius 1 is 1.53 bits per heavy atom. The number of H-pyrrole nitrogens is 1. The van der Waals surface area contributed by atoms with Gasteiger partial charge >= 0.3 is 5.97 Å². The molecule has 78 valence electrons. The number of rotatable bonds is 3. The first-order valence-electron chi connectivity index (χ1n) is 4.50. The van der Waals surface area contributed by atoms with Crippen LogP contribution in [0.4, 0.5) is 0 Å². The van der Waals surface area contributed by atoms with Crippen LogP contribution in [0.2, 0.25) is 0 Å². The molecule has 1 aromatic heterocycles. The van der Waals surface area contributed by atoms with Crippen LogP contribution in [0, 0.1) is 0 Å². The lowest BCUT2D eigenvalue weighted by Crippen LogP contribution is -2.05. The van der Waals surface area contributed by atoms with Gasteiger partial charge in [-0.25, -0.2) is 0 Å². The molecule has 0 radical (unpaired) electrons. The summed E-state index contributed by atoms with van der Waals surface area (Å²) in [5.41, 5.74) is 1.25. The Bertz CT molecular complexity index is 492. The van der Waals surface area contributed by atoms with Gasteiger partial charge < -0.3 is 10.2 Å². The summed E-state index contributed by atoms with van der Waals surface area (Å²) in [5.74, 6) is -1.03. The first-order chi connectivity index (χ1) is 7.18. The molecule has 0 saturated heterocycles. The van der Waals surface area contributed by atoms with E-state index in [1.165, 1.54) is 0 Å². The van der Waals surface area contributed by atoms with Crippen LogP contribution in [-0.2, 0) is 4.79 Å². The number of nitrogens with zero attached hydrogens (tertiary/aromatic N) is 1. The molecule has 0 fully saturated rings. The summed E-state index contributed by atoms with van der Waals surface area (Å²) in [6, 6.07) is 5.29. The van der Waals surface area contributed by atoms with Crippen molar-refractivity contribution in [3.8, 4) is 0 Å². The predicted octanol–water partition coefficient (Wildman–Crippen LogP) is 1.07. The van der Waals surface area contributed by atoms with Crippen molar-refractivity contribution in [1.82, 2.24) is 10.2 Å². The summed E-state index contributed by atoms with van der Waals surface area (Å²) in [6.07, 6.45) is 0.316. The lowest BCUT2D eigenvalue weighted by molar-refractivity contribution is -0.139. The second kappa shape index (κ2) is 3.70. The second-order valence-electron chi connectivity index (χ2n) is 3.30. The molecular weight excluding hydrogens is 196 g/mol. The van der Waals surface area contributed by atoms with E-state index in [0.29, 0.717) is 11.1 Å². The number of hydrogen-bond donors (Lipinski definition) is 3. The third-order valence-corrected chi connectivity index (χ3v) is 2.24. The zero-order valence-corrected chi connectivity index (χ0v) is 7.84. The van der Waals surface area contributed by atoms with Crippen molar-refractivity contribution >= 4 is 16.9 Å². The van der Waals surface area contributed by atoms with Crippen molar-refractivity contribution in [3.63, 3.8) is 0 Å². The van der Waals surface area contributed by atoms with E-state index >= 15 is 0 Å². The van der Waals surface area contributed by atoms with Crippen LogP contribution in [0.3, 0.4) is 0 Å². The van der Waals surface area contributed by atoms with Crippen LogP contribution in [-0.4, -0.2) is 26.4 Å². The van der Waals surface area contributed by atoms with Gasteiger partial charge in [-0.05, 0) is 0 Å². The number of aliphatic hydroxyl groups excluding tert-OH is 1. The number of aliphatic carboxylic acids is 1. The molecule has 0 unspecified atom stereocenters. The fourth-order valence-electron chi connectivity index (χ4n) is 1.54. The van der Waals surface area contributed by atoms with E-state index in [2.05, 4.69) is 10.2 Å². The lowest BCUT2D eigenvalue weighted by atomic mass is 10.0. The Hall–Kier alpha value is -1.88. The zero-order valence-electron chi connectivity index (χ0n) is 7.84. The van der Waals surface area contributed by atoms with E-state index in [4.69, 9.17) is 5.11 Å². The topological polar surface area (TPSA) is 86.2 Å². The highest BCUT2D eigenvalue weighted by Gasteiger charge is 2.15. The van der Waals surface area contributed by atoms with Crippen molar-refractivity contribution < 1.29 is 15.0 Å². The molecule has 0 aliphatic carbocycles. The molecule has 2 rings (SSSR count). The first kappa shape index (κ1) is 9.67. The van der Waals surface area contributed by atoms with Gasteiger partial charge in [-0.2, -0.15) is 5.10 Å². The standard InChI is InChI=1S/C10H10N2O3/c13-8(4-9(14)15)7-3-1-2-6-5-11-12-10(6)7/h1-3,5,8,13H,4H2,(H,11,12)(H,14,15)/t8-/m1/s1. The lowest BCUT2D eigenvalue weighted by Gasteiger charge is -2.08. The average Bonchev–Trinajstić information content (AvgIpc) is 2.63. The third-order valence-electron chi connectivity index (χ3n) is 2.24. The van der Waals surface area contributed by atoms with Crippen LogP contribution in [0.1, 0.15) is 18.1 Å². The van der Waals surface area contributed by atoms with Gasteiger partial charge in [0.2, 0.25) is 0 Å². The van der Waals surface area contributed by atoms with E-state index in [1.807, 2.05) is 6.07 Å². The molecule has 0 aliphatic rings. The zero-order chi connectivity index (χ0) is 10.8. The minimum absolute atomic E-state index is 0.307. The van der Waals surface area contributed by atoms with Gasteiger partial charge in [-0.15, -0.1) is 0 Å². The van der Waals surface area contributed by atoms with Crippen LogP contribution in [0.5, 0.6) is 0 Å². The molecule has 3 N–H and O–H groups in total. The number of aromatic amines is 1. The maximum atomic E-state index is 10.5. The normalized spacial score (nSPS) is 12.9. The highest BCUT2D eigenvalue weighted by Crippen LogP contribution is 2.24. The fourth-order valence-corrected chi connectivity index (χ4v) is 1.54. The summed E-state index contributed by atoms with van der Waals surface area (Å²) in [5, 5.41) is 25.7. The van der Waals surface area contributed by atoms with Crippen molar-refractivity contribution in [2.45, 2.75) is 12.5 Å². The molecule has 0 aliphatic heterocycles. The Morgan fingerprint density at radius 2 is 2.33 bits per heavy atom. The number of carbonyl (C=O) groups is 1. The number of hydrogen-bond acceptors (Lipinski definition) is 3. The number of fused-ring (bicyclic) bond motifs is 1. The van der Waals surface area contributed by atoms with Gasteiger partial charge in [-0.1, -0.05) is 18.2 Å². The highest BCUT2D eigenvalue weighted by atomic mass is 16.4. The highest BCUT2D eigenvalue weighted by molar-refractivity contribution is 5.82. The molecule has 0 amide bonds.